The van der Waals surface area contributed by atoms with E-state index >= 15 is 0 Å². The van der Waals surface area contributed by atoms with Crippen molar-refractivity contribution in [2.24, 2.45) is 0 Å². The van der Waals surface area contributed by atoms with Crippen molar-refractivity contribution in [1.29, 1.82) is 0 Å². The molecule has 0 rings (SSSR count). The topological polar surface area (TPSA) is 774 Å². The Morgan fingerprint density at radius 2 is 0.485 bits per heavy atom. The van der Waals surface area contributed by atoms with Crippen LogP contribution in [-0.2, 0) is 168 Å². The second-order valence-electron chi connectivity index (χ2n) is 15.8. The van der Waals surface area contributed by atoms with Crippen molar-refractivity contribution in [2.45, 2.75) is 12.2 Å². The number of hydrogen-bond donors (Lipinski definition) is 5. The maximum Gasteiger partial charge on any atom is 0.470 e. The zero-order valence-corrected chi connectivity index (χ0v) is 62.0. The first kappa shape index (κ1) is 98.8. The first-order valence-corrected chi connectivity index (χ1v) is 45.5. The number of phosphoric ester groups is 12. The maximum absolute atomic E-state index is 12.4. The number of nitrogens with one attached hydrogen (secondary N) is 2. The lowest BCUT2D eigenvalue weighted by Gasteiger charge is -2.30. The van der Waals surface area contributed by atoms with Crippen molar-refractivity contribution in [3.8, 4) is 0 Å². The molecule has 53 nitrogen and oxygen atoms in total. The van der Waals surface area contributed by atoms with Crippen LogP contribution >= 0.6 is 115 Å². The Balaban J connectivity index is 4.53. The van der Waals surface area contributed by atoms with E-state index < -0.39 is 257 Å². The first-order valence-electron chi connectivity index (χ1n) is 25.4. The summed E-state index contributed by atoms with van der Waals surface area (Å²) in [6.45, 7) is -22.8. The molecule has 67 heteroatoms. The minimum absolute atomic E-state index is 0.126. The maximum atomic E-state index is 12.4. The molecule has 0 saturated carbocycles. The Kier molecular flexibility index (Phi) is 51.4. The first-order chi connectivity index (χ1) is 44.7. The van der Waals surface area contributed by atoms with Crippen LogP contribution < -0.4 is 64.5 Å². The highest BCUT2D eigenvalue weighted by molar-refractivity contribution is 8.76. The second-order valence-corrected chi connectivity index (χ2v) is 34.8. The normalized spacial score (nSPS) is 20.0. The third kappa shape index (κ3) is 60.5. The van der Waals surface area contributed by atoms with Gasteiger partial charge in [0.05, 0.1) is 165 Å². The molecule has 13 unspecified atom stereocenters. The molecule has 0 heterocycles. The van der Waals surface area contributed by atoms with Gasteiger partial charge in [-0.15, -0.1) is 0 Å². The summed E-state index contributed by atoms with van der Waals surface area (Å²) in [6, 6.07) is 0. The van der Waals surface area contributed by atoms with Gasteiger partial charge in [-0.05, 0) is 14.1 Å². The average molecular weight is 1710 g/mol. The van der Waals surface area contributed by atoms with Crippen LogP contribution in [0.1, 0.15) is 0 Å². The van der Waals surface area contributed by atoms with Gasteiger partial charge in [-0.3, -0.25) is 65.4 Å². The molecule has 0 bridgehead atoms. The van der Waals surface area contributed by atoms with Crippen LogP contribution in [0, 0.1) is 0 Å². The third-order valence-electron chi connectivity index (χ3n) is 8.14. The van der Waals surface area contributed by atoms with Gasteiger partial charge in [-0.25, -0.2) is 4.57 Å². The molecular formula is C30H65N2O51P12S2-11. The number of aliphatic hydroxyl groups excluding tert-OH is 1. The smallest absolute Gasteiger partial charge is 0.470 e. The van der Waals surface area contributed by atoms with E-state index in [1.54, 1.807) is 0 Å². The van der Waals surface area contributed by atoms with Gasteiger partial charge in [0, 0.05) is 0 Å². The molecule has 97 heavy (non-hydrogen) atoms. The summed E-state index contributed by atoms with van der Waals surface area (Å²) in [5, 5.41) is 13.6. The van der Waals surface area contributed by atoms with E-state index in [-0.39, 0.29) is 19.4 Å². The van der Waals surface area contributed by atoms with Crippen LogP contribution in [-0.4, -0.2) is 212 Å². The van der Waals surface area contributed by atoms with Crippen molar-refractivity contribution >= 4 is 115 Å². The summed E-state index contributed by atoms with van der Waals surface area (Å²) in [6.07, 6.45) is -3.43. The quantitative estimate of drug-likeness (QED) is 0.0164. The fourth-order valence-corrected chi connectivity index (χ4v) is 14.3. The summed E-state index contributed by atoms with van der Waals surface area (Å²) >= 11 is 0. The molecule has 0 saturated heterocycles. The lowest BCUT2D eigenvalue weighted by atomic mass is 10.4. The Hall–Kier alpha value is 1.82. The van der Waals surface area contributed by atoms with Gasteiger partial charge in [-0.2, -0.15) is 0 Å². The van der Waals surface area contributed by atoms with E-state index in [1.165, 1.54) is 14.1 Å². The van der Waals surface area contributed by atoms with Crippen LogP contribution in [0.5, 0.6) is 0 Å². The zero-order chi connectivity index (χ0) is 74.0. The fraction of sp³-hybridized carbons (Fsp3) is 1.00. The molecule has 0 aliphatic rings. The molecule has 0 aliphatic heterocycles. The predicted octanol–water partition coefficient (Wildman–Crippen LogP) is -5.97. The molecule has 13 atom stereocenters. The van der Waals surface area contributed by atoms with Gasteiger partial charge in [0.1, 0.15) is 18.1 Å². The average Bonchev–Trinajstić information content (AvgIpc) is 1.11. The summed E-state index contributed by atoms with van der Waals surface area (Å²) in [5.74, 6) is -0.780. The van der Waals surface area contributed by atoms with Gasteiger partial charge >= 0.3 is 7.82 Å². The number of ether oxygens (including phenoxy) is 2. The van der Waals surface area contributed by atoms with Gasteiger partial charge in [-0.1, -0.05) is 21.6 Å². The molecule has 0 amide bonds. The Morgan fingerprint density at radius 1 is 0.289 bits per heavy atom. The van der Waals surface area contributed by atoms with Crippen LogP contribution in [0.2, 0.25) is 0 Å². The summed E-state index contributed by atoms with van der Waals surface area (Å²) in [5.41, 5.74) is 0. The van der Waals surface area contributed by atoms with Crippen molar-refractivity contribution in [3.05, 3.63) is 0 Å². The molecule has 0 aromatic rings. The van der Waals surface area contributed by atoms with Crippen LogP contribution in [0.25, 0.3) is 0 Å². The molecule has 0 aliphatic carbocycles. The minimum atomic E-state index is -5.50. The van der Waals surface area contributed by atoms with Crippen LogP contribution in [0.4, 0.5) is 0 Å². The third-order valence-corrected chi connectivity index (χ3v) is 21.4. The number of hydrogen-bond acceptors (Lipinski definition) is 53. The second kappa shape index (κ2) is 50.4. The van der Waals surface area contributed by atoms with Crippen molar-refractivity contribution in [3.63, 3.8) is 0 Å². The van der Waals surface area contributed by atoms with Gasteiger partial charge < -0.3 is 178 Å². The number of phosphoric acid groups is 12. The fourth-order valence-electron chi connectivity index (χ4n) is 4.77. The van der Waals surface area contributed by atoms with Gasteiger partial charge in [0.2, 0.25) is 0 Å². The lowest BCUT2D eigenvalue weighted by molar-refractivity contribution is -0.242. The van der Waals surface area contributed by atoms with Crippen LogP contribution in [0.3, 0.4) is 0 Å². The van der Waals surface area contributed by atoms with Crippen molar-refractivity contribution in [1.82, 2.24) is 10.6 Å². The molecule has 5 N–H and O–H groups in total. The minimum Gasteiger partial charge on any atom is -0.756 e. The highest BCUT2D eigenvalue weighted by Gasteiger charge is 2.27. The largest absolute Gasteiger partial charge is 0.756 e. The summed E-state index contributed by atoms with van der Waals surface area (Å²) in [7, 11) is -58.8. The summed E-state index contributed by atoms with van der Waals surface area (Å²) in [4.78, 5) is 150. The van der Waals surface area contributed by atoms with E-state index in [9.17, 15) is 109 Å². The molecular weight excluding hydrogens is 1640 g/mol. The Morgan fingerprint density at radius 3 is 0.691 bits per heavy atom. The molecule has 0 aromatic heterocycles. The lowest BCUT2D eigenvalue weighted by Crippen LogP contribution is -2.30. The van der Waals surface area contributed by atoms with E-state index in [1.807, 2.05) is 0 Å². The molecule has 0 spiro atoms. The Labute approximate surface area is 558 Å². The molecule has 0 aromatic carbocycles. The Bertz CT molecular complexity index is 2790. The standard InChI is InChI=1S/C30H76N2O51P12S2/c1-31-25-59-21-29(82-84(34,35)36)23-79-92(51,52)75-16-13-71-89(45,46)69-10-9-67-87(41,42)65-6-5-63-85(37,38)61-3-4-62-86(39,40)64-7-8-66-88(43,44)68-11-12-70-91(49,50)74-19-20-78-95(57,58)83-30(22-60-26-32-2)24-80-93(53,54)76-17-14-72-90(47,48)73-15-18-77-94(55,56)81-28-97-96-27-33/h29-33H,3-28H2,1-2H3,(H,37,38)(H,39,40)(H,41,42)(H,43,44)(H,45,46)(H,47,48)(H,49,50)(H,51,52)(H,53,54)(H,55,56)(H,57,58)(H2,34,35,36)/p-11. The van der Waals surface area contributed by atoms with E-state index in [4.69, 9.17) is 24.4 Å². The molecule has 584 valence electrons. The predicted molar refractivity (Wildman–Crippen MR) is 292 cm³/mol. The highest BCUT2D eigenvalue weighted by Crippen LogP contribution is 2.48. The van der Waals surface area contributed by atoms with Crippen molar-refractivity contribution in [2.75, 3.05) is 185 Å². The monoisotopic (exact) mass is 1700 g/mol. The van der Waals surface area contributed by atoms with E-state index in [0.29, 0.717) is 0 Å². The zero-order valence-electron chi connectivity index (χ0n) is 49.7. The molecule has 0 radical (unpaired) electrons. The van der Waals surface area contributed by atoms with Gasteiger partial charge in [0.25, 0.3) is 86.0 Å². The SMILES string of the molecule is CNCOCC(COP(=O)([O-])OCCOP(=O)([O-])OCCOP(=O)([O-])OCCOP(=O)([O-])OCCOP(=O)([O-])OCCOP(=O)([O-])OCCOP(=O)([O-])OCCOP(=O)([O-])OC(COCNC)COP(=O)([O-])OCCOP(=O)([O-])OCCOP(=O)([O-])OCSSCO)OP(=O)(O)O. The van der Waals surface area contributed by atoms with E-state index in [2.05, 4.69) is 115 Å². The summed E-state index contributed by atoms with van der Waals surface area (Å²) < 4.78 is 253. The highest BCUT2D eigenvalue weighted by atomic mass is 33.1. The number of rotatable bonds is 68. The van der Waals surface area contributed by atoms with E-state index in [0.717, 1.165) is 21.6 Å². The van der Waals surface area contributed by atoms with Gasteiger partial charge in [0.15, 0.2) is 0 Å². The number of aliphatic hydroxyl groups is 1. The van der Waals surface area contributed by atoms with Crippen molar-refractivity contribution < 1.29 is 237 Å². The van der Waals surface area contributed by atoms with Crippen LogP contribution in [0.15, 0.2) is 0 Å². The molecule has 0 fully saturated rings.